The molecule has 114 valence electrons. The zero-order valence-corrected chi connectivity index (χ0v) is 13.0. The summed E-state index contributed by atoms with van der Waals surface area (Å²) in [4.78, 5) is 13.6. The maximum absolute atomic E-state index is 12.0. The molecule has 3 aromatic rings. The minimum Gasteiger partial charge on any atom is -0.306 e. The summed E-state index contributed by atoms with van der Waals surface area (Å²) in [5.41, 5.74) is 2.11. The molecule has 1 N–H and O–H groups in total. The van der Waals surface area contributed by atoms with Crippen LogP contribution in [0, 0.1) is 0 Å². The second-order valence-electron chi connectivity index (χ2n) is 4.81. The maximum atomic E-state index is 12.0. The van der Waals surface area contributed by atoms with Crippen molar-refractivity contribution in [2.24, 2.45) is 0 Å². The largest absolute Gasteiger partial charge is 0.306 e. The number of anilines is 1. The van der Waals surface area contributed by atoms with Crippen LogP contribution in [0.5, 0.6) is 0 Å². The molecule has 1 amide bonds. The van der Waals surface area contributed by atoms with E-state index in [0.717, 1.165) is 24.1 Å². The Balaban J connectivity index is 1.59. The van der Waals surface area contributed by atoms with Gasteiger partial charge in [0.15, 0.2) is 5.82 Å². The van der Waals surface area contributed by atoms with Crippen LogP contribution >= 0.6 is 11.3 Å². The van der Waals surface area contributed by atoms with E-state index in [1.807, 2.05) is 29.9 Å². The third kappa shape index (κ3) is 3.40. The topological polar surface area (TPSA) is 77.6 Å². The van der Waals surface area contributed by atoms with E-state index >= 15 is 0 Å². The van der Waals surface area contributed by atoms with Crippen LogP contribution in [0.4, 0.5) is 5.82 Å². The molecule has 0 saturated heterocycles. The standard InChI is InChI=1S/C14H16N6OS/c1-2-4-20-16-7-13(18-20)17-14(21)9-19-8-12(6-15-19)11-3-5-22-10-11/h3,5-8,10H,2,4,9H2,1H3,(H,17,18,21). The minimum atomic E-state index is -0.177. The minimum absolute atomic E-state index is 0.144. The van der Waals surface area contributed by atoms with Gasteiger partial charge in [-0.1, -0.05) is 6.92 Å². The number of thiophene rings is 1. The van der Waals surface area contributed by atoms with Crippen LogP contribution in [0.15, 0.2) is 35.4 Å². The number of nitrogens with one attached hydrogen (secondary N) is 1. The Hall–Kier alpha value is -2.48. The van der Waals surface area contributed by atoms with Crippen molar-refractivity contribution in [3.63, 3.8) is 0 Å². The van der Waals surface area contributed by atoms with Gasteiger partial charge in [0.25, 0.3) is 0 Å². The average Bonchev–Trinajstić information content (AvgIpc) is 3.20. The van der Waals surface area contributed by atoms with Gasteiger partial charge in [-0.3, -0.25) is 9.48 Å². The molecular formula is C14H16N6OS. The van der Waals surface area contributed by atoms with Gasteiger partial charge in [-0.05, 0) is 28.8 Å². The molecule has 0 atom stereocenters. The molecule has 0 bridgehead atoms. The second-order valence-corrected chi connectivity index (χ2v) is 5.59. The summed E-state index contributed by atoms with van der Waals surface area (Å²) in [6.45, 7) is 2.92. The predicted octanol–water partition coefficient (Wildman–Crippen LogP) is 2.25. The number of amides is 1. The number of rotatable bonds is 6. The smallest absolute Gasteiger partial charge is 0.247 e. The first-order valence-corrected chi connectivity index (χ1v) is 7.94. The van der Waals surface area contributed by atoms with Gasteiger partial charge in [0, 0.05) is 11.8 Å². The molecule has 0 aliphatic heterocycles. The summed E-state index contributed by atoms with van der Waals surface area (Å²) >= 11 is 1.63. The van der Waals surface area contributed by atoms with Gasteiger partial charge in [0.2, 0.25) is 5.91 Å². The molecule has 0 unspecified atom stereocenters. The molecule has 0 radical (unpaired) electrons. The maximum Gasteiger partial charge on any atom is 0.247 e. The summed E-state index contributed by atoms with van der Waals surface area (Å²) in [6, 6.07) is 2.03. The molecule has 3 aromatic heterocycles. The van der Waals surface area contributed by atoms with E-state index < -0.39 is 0 Å². The fraction of sp³-hybridized carbons (Fsp3) is 0.286. The molecule has 3 rings (SSSR count). The lowest BCUT2D eigenvalue weighted by Gasteiger charge is -2.01. The van der Waals surface area contributed by atoms with Crippen molar-refractivity contribution in [1.29, 1.82) is 0 Å². The van der Waals surface area contributed by atoms with Crippen LogP contribution in [-0.4, -0.2) is 30.7 Å². The summed E-state index contributed by atoms with van der Waals surface area (Å²) in [5.74, 6) is 0.284. The number of carbonyl (C=O) groups excluding carboxylic acids is 1. The van der Waals surface area contributed by atoms with Crippen LogP contribution in [0.25, 0.3) is 11.1 Å². The fourth-order valence-electron chi connectivity index (χ4n) is 2.02. The lowest BCUT2D eigenvalue weighted by atomic mass is 10.2. The normalized spacial score (nSPS) is 10.8. The lowest BCUT2D eigenvalue weighted by molar-refractivity contribution is -0.116. The predicted molar refractivity (Wildman–Crippen MR) is 84.5 cm³/mol. The number of aromatic nitrogens is 5. The van der Waals surface area contributed by atoms with Crippen molar-refractivity contribution in [3.05, 3.63) is 35.4 Å². The zero-order valence-electron chi connectivity index (χ0n) is 12.1. The van der Waals surface area contributed by atoms with Gasteiger partial charge >= 0.3 is 0 Å². The van der Waals surface area contributed by atoms with Gasteiger partial charge < -0.3 is 5.32 Å². The summed E-state index contributed by atoms with van der Waals surface area (Å²) in [5, 5.41) is 19.2. The van der Waals surface area contributed by atoms with Crippen molar-refractivity contribution in [2.45, 2.75) is 26.4 Å². The third-order valence-corrected chi connectivity index (χ3v) is 3.70. The first kappa shape index (κ1) is 14.5. The second kappa shape index (κ2) is 6.52. The first-order valence-electron chi connectivity index (χ1n) is 6.99. The molecule has 0 fully saturated rings. The first-order chi connectivity index (χ1) is 10.7. The van der Waals surface area contributed by atoms with Crippen LogP contribution < -0.4 is 5.32 Å². The number of hydrogen-bond acceptors (Lipinski definition) is 5. The van der Waals surface area contributed by atoms with Crippen molar-refractivity contribution in [3.8, 4) is 11.1 Å². The van der Waals surface area contributed by atoms with Gasteiger partial charge in [-0.2, -0.15) is 26.3 Å². The number of carbonyl (C=O) groups is 1. The zero-order chi connectivity index (χ0) is 15.4. The molecule has 0 aliphatic rings. The molecule has 22 heavy (non-hydrogen) atoms. The van der Waals surface area contributed by atoms with Gasteiger partial charge in [0.05, 0.1) is 18.9 Å². The highest BCUT2D eigenvalue weighted by Gasteiger charge is 2.09. The van der Waals surface area contributed by atoms with E-state index in [2.05, 4.69) is 20.6 Å². The molecule has 8 heteroatoms. The van der Waals surface area contributed by atoms with Crippen LogP contribution in [0.2, 0.25) is 0 Å². The van der Waals surface area contributed by atoms with Gasteiger partial charge in [-0.25, -0.2) is 0 Å². The van der Waals surface area contributed by atoms with E-state index in [-0.39, 0.29) is 12.5 Å². The lowest BCUT2D eigenvalue weighted by Crippen LogP contribution is -2.19. The number of nitrogens with zero attached hydrogens (tertiary/aromatic N) is 5. The van der Waals surface area contributed by atoms with Gasteiger partial charge in [-0.15, -0.1) is 5.10 Å². The SMILES string of the molecule is CCCn1ncc(NC(=O)Cn2cc(-c3ccsc3)cn2)n1. The highest BCUT2D eigenvalue weighted by molar-refractivity contribution is 7.08. The van der Waals surface area contributed by atoms with Crippen LogP contribution in [0.1, 0.15) is 13.3 Å². The Labute approximate surface area is 131 Å². The summed E-state index contributed by atoms with van der Waals surface area (Å²) in [6.07, 6.45) is 6.11. The van der Waals surface area contributed by atoms with E-state index in [4.69, 9.17) is 0 Å². The molecule has 0 spiro atoms. The molecule has 3 heterocycles. The summed E-state index contributed by atoms with van der Waals surface area (Å²) in [7, 11) is 0. The quantitative estimate of drug-likeness (QED) is 0.756. The van der Waals surface area contributed by atoms with Crippen molar-refractivity contribution in [2.75, 3.05) is 5.32 Å². The molecular weight excluding hydrogens is 300 g/mol. The van der Waals surface area contributed by atoms with Crippen molar-refractivity contribution < 1.29 is 4.79 Å². The monoisotopic (exact) mass is 316 g/mol. The summed E-state index contributed by atoms with van der Waals surface area (Å²) < 4.78 is 1.61. The van der Waals surface area contributed by atoms with E-state index in [1.54, 1.807) is 33.2 Å². The average molecular weight is 316 g/mol. The Kier molecular flexibility index (Phi) is 4.29. The van der Waals surface area contributed by atoms with Crippen LogP contribution in [0.3, 0.4) is 0 Å². The van der Waals surface area contributed by atoms with E-state index in [1.165, 1.54) is 0 Å². The number of aryl methyl sites for hydroxylation is 1. The van der Waals surface area contributed by atoms with Crippen molar-refractivity contribution >= 4 is 23.1 Å². The molecule has 0 saturated carbocycles. The molecule has 0 aromatic carbocycles. The Morgan fingerprint density at radius 3 is 3.00 bits per heavy atom. The van der Waals surface area contributed by atoms with E-state index in [0.29, 0.717) is 5.82 Å². The Morgan fingerprint density at radius 1 is 1.32 bits per heavy atom. The highest BCUT2D eigenvalue weighted by atomic mass is 32.1. The van der Waals surface area contributed by atoms with Gasteiger partial charge in [0.1, 0.15) is 6.54 Å². The van der Waals surface area contributed by atoms with E-state index in [9.17, 15) is 4.79 Å². The highest BCUT2D eigenvalue weighted by Crippen LogP contribution is 2.20. The molecule has 7 nitrogen and oxygen atoms in total. The molecule has 0 aliphatic carbocycles. The Bertz CT molecular complexity index is 745. The Morgan fingerprint density at radius 2 is 2.23 bits per heavy atom. The third-order valence-electron chi connectivity index (χ3n) is 3.02. The number of hydrogen-bond donors (Lipinski definition) is 1. The fourth-order valence-corrected chi connectivity index (χ4v) is 2.68. The van der Waals surface area contributed by atoms with Crippen LogP contribution in [-0.2, 0) is 17.9 Å². The van der Waals surface area contributed by atoms with Crippen molar-refractivity contribution in [1.82, 2.24) is 24.8 Å².